The lowest BCUT2D eigenvalue weighted by Gasteiger charge is -2.07. The summed E-state index contributed by atoms with van der Waals surface area (Å²) in [4.78, 5) is 13.9. The first-order valence-electron chi connectivity index (χ1n) is 6.58. The Bertz CT molecular complexity index is 730. The van der Waals surface area contributed by atoms with E-state index < -0.39 is 0 Å². The van der Waals surface area contributed by atoms with Crippen LogP contribution >= 0.6 is 0 Å². The molecule has 0 N–H and O–H groups in total. The van der Waals surface area contributed by atoms with E-state index >= 15 is 0 Å². The van der Waals surface area contributed by atoms with Crippen molar-refractivity contribution in [2.75, 3.05) is 13.1 Å². The molecule has 19 heavy (non-hydrogen) atoms. The summed E-state index contributed by atoms with van der Waals surface area (Å²) in [7, 11) is 0. The molecule has 94 valence electrons. The van der Waals surface area contributed by atoms with Crippen LogP contribution < -0.4 is 0 Å². The molecule has 3 nitrogen and oxygen atoms in total. The van der Waals surface area contributed by atoms with E-state index in [1.54, 1.807) is 0 Å². The van der Waals surface area contributed by atoms with Gasteiger partial charge in [-0.05, 0) is 12.1 Å². The number of fused-ring (bicyclic) bond motifs is 3. The van der Waals surface area contributed by atoms with E-state index in [0.717, 1.165) is 24.1 Å². The van der Waals surface area contributed by atoms with Gasteiger partial charge in [-0.3, -0.25) is 4.79 Å². The summed E-state index contributed by atoms with van der Waals surface area (Å²) in [5.41, 5.74) is 2.28. The predicted octanol–water partition coefficient (Wildman–Crippen LogP) is 2.64. The lowest BCUT2D eigenvalue weighted by atomic mass is 10.2. The van der Waals surface area contributed by atoms with Gasteiger partial charge >= 0.3 is 0 Å². The van der Waals surface area contributed by atoms with E-state index in [-0.39, 0.29) is 5.91 Å². The number of carbonyl (C=O) groups excluding carboxylic acids is 1. The number of aromatic nitrogens is 1. The number of para-hydroxylation sites is 2. The zero-order valence-electron chi connectivity index (χ0n) is 10.5. The molecule has 0 aliphatic carbocycles. The van der Waals surface area contributed by atoms with Gasteiger partial charge in [-0.15, -0.1) is 0 Å². The number of hydrogen-bond donors (Lipinski definition) is 0. The van der Waals surface area contributed by atoms with Crippen LogP contribution in [-0.4, -0.2) is 28.5 Å². The summed E-state index contributed by atoms with van der Waals surface area (Å²) in [5, 5.41) is 2.44. The van der Waals surface area contributed by atoms with Crippen molar-refractivity contribution in [2.45, 2.75) is 6.54 Å². The maximum absolute atomic E-state index is 12.1. The fourth-order valence-electron chi connectivity index (χ4n) is 2.71. The average molecular weight is 250 g/mol. The SMILES string of the molecule is O=C(Cn1c2ccccc2c2ccccc21)N1CC1. The molecular weight excluding hydrogens is 236 g/mol. The topological polar surface area (TPSA) is 25.0 Å². The Hall–Kier alpha value is -2.29. The van der Waals surface area contributed by atoms with Gasteiger partial charge in [0.25, 0.3) is 0 Å². The lowest BCUT2D eigenvalue weighted by Crippen LogP contribution is -2.17. The summed E-state index contributed by atoms with van der Waals surface area (Å²) >= 11 is 0. The predicted molar refractivity (Wildman–Crippen MR) is 76.0 cm³/mol. The molecule has 3 heteroatoms. The molecule has 2 heterocycles. The molecule has 1 fully saturated rings. The molecule has 0 radical (unpaired) electrons. The van der Waals surface area contributed by atoms with Crippen molar-refractivity contribution in [1.29, 1.82) is 0 Å². The molecule has 1 aliphatic heterocycles. The zero-order valence-corrected chi connectivity index (χ0v) is 10.5. The van der Waals surface area contributed by atoms with Gasteiger partial charge < -0.3 is 9.47 Å². The minimum absolute atomic E-state index is 0.214. The maximum Gasteiger partial charge on any atom is 0.242 e. The first kappa shape index (κ1) is 10.6. The smallest absolute Gasteiger partial charge is 0.242 e. The number of carbonyl (C=O) groups is 1. The van der Waals surface area contributed by atoms with Gasteiger partial charge in [-0.1, -0.05) is 36.4 Å². The van der Waals surface area contributed by atoms with Crippen molar-refractivity contribution in [2.24, 2.45) is 0 Å². The second-order valence-corrected chi connectivity index (χ2v) is 5.00. The second kappa shape index (κ2) is 3.85. The molecule has 2 aromatic carbocycles. The Morgan fingerprint density at radius 1 is 0.895 bits per heavy atom. The third-order valence-electron chi connectivity index (χ3n) is 3.77. The van der Waals surface area contributed by atoms with Crippen LogP contribution in [0, 0.1) is 0 Å². The van der Waals surface area contributed by atoms with Crippen LogP contribution in [0.3, 0.4) is 0 Å². The summed E-state index contributed by atoms with van der Waals surface area (Å²) in [5.74, 6) is 0.214. The molecule has 4 rings (SSSR count). The number of hydrogen-bond acceptors (Lipinski definition) is 1. The standard InChI is InChI=1S/C16H14N2O/c19-16(17-9-10-17)11-18-14-7-3-1-5-12(14)13-6-2-4-8-15(13)18/h1-8H,9-11H2. The highest BCUT2D eigenvalue weighted by atomic mass is 16.2. The molecule has 1 saturated heterocycles. The average Bonchev–Trinajstić information content (AvgIpc) is 3.26. The molecule has 0 atom stereocenters. The van der Waals surface area contributed by atoms with Gasteiger partial charge in [0.2, 0.25) is 5.91 Å². The van der Waals surface area contributed by atoms with Crippen LogP contribution in [0.5, 0.6) is 0 Å². The molecule has 3 aromatic rings. The normalized spacial score (nSPS) is 14.2. The molecule has 0 bridgehead atoms. The quantitative estimate of drug-likeness (QED) is 0.642. The first-order valence-corrected chi connectivity index (χ1v) is 6.58. The Kier molecular flexibility index (Phi) is 2.15. The summed E-state index contributed by atoms with van der Waals surface area (Å²) in [6.45, 7) is 2.26. The van der Waals surface area contributed by atoms with Crippen molar-refractivity contribution in [3.05, 3.63) is 48.5 Å². The van der Waals surface area contributed by atoms with Gasteiger partial charge in [0, 0.05) is 34.9 Å². The van der Waals surface area contributed by atoms with Crippen molar-refractivity contribution < 1.29 is 4.79 Å². The molecule has 1 amide bonds. The van der Waals surface area contributed by atoms with Gasteiger partial charge in [-0.25, -0.2) is 0 Å². The number of amides is 1. The fraction of sp³-hybridized carbons (Fsp3) is 0.188. The Balaban J connectivity index is 1.96. The van der Waals surface area contributed by atoms with Crippen LogP contribution in [0.15, 0.2) is 48.5 Å². The molecule has 0 spiro atoms. The molecular formula is C16H14N2O. The molecule has 1 aromatic heterocycles. The van der Waals surface area contributed by atoms with Crippen LogP contribution in [-0.2, 0) is 11.3 Å². The number of benzene rings is 2. The van der Waals surface area contributed by atoms with Gasteiger partial charge in [-0.2, -0.15) is 0 Å². The summed E-state index contributed by atoms with van der Waals surface area (Å²) < 4.78 is 2.13. The van der Waals surface area contributed by atoms with Crippen LogP contribution in [0.25, 0.3) is 21.8 Å². The summed E-state index contributed by atoms with van der Waals surface area (Å²) in [6.07, 6.45) is 0. The van der Waals surface area contributed by atoms with Crippen LogP contribution in [0.2, 0.25) is 0 Å². The fourth-order valence-corrected chi connectivity index (χ4v) is 2.71. The molecule has 0 saturated carbocycles. The zero-order chi connectivity index (χ0) is 12.8. The van der Waals surface area contributed by atoms with Crippen molar-refractivity contribution >= 4 is 27.7 Å². The highest BCUT2D eigenvalue weighted by Gasteiger charge is 2.24. The van der Waals surface area contributed by atoms with E-state index in [2.05, 4.69) is 28.8 Å². The van der Waals surface area contributed by atoms with Crippen LogP contribution in [0.4, 0.5) is 0 Å². The van der Waals surface area contributed by atoms with Crippen LogP contribution in [0.1, 0.15) is 0 Å². The van der Waals surface area contributed by atoms with Gasteiger partial charge in [0.1, 0.15) is 6.54 Å². The summed E-state index contributed by atoms with van der Waals surface area (Å²) in [6, 6.07) is 16.6. The van der Waals surface area contributed by atoms with E-state index in [1.807, 2.05) is 29.2 Å². The van der Waals surface area contributed by atoms with Gasteiger partial charge in [0.15, 0.2) is 0 Å². The lowest BCUT2D eigenvalue weighted by molar-refractivity contribution is -0.126. The van der Waals surface area contributed by atoms with Crippen molar-refractivity contribution in [3.63, 3.8) is 0 Å². The monoisotopic (exact) mass is 250 g/mol. The second-order valence-electron chi connectivity index (χ2n) is 5.00. The van der Waals surface area contributed by atoms with E-state index in [1.165, 1.54) is 10.8 Å². The Morgan fingerprint density at radius 3 is 1.95 bits per heavy atom. The minimum Gasteiger partial charge on any atom is -0.338 e. The Morgan fingerprint density at radius 2 is 1.42 bits per heavy atom. The molecule has 0 unspecified atom stereocenters. The number of rotatable bonds is 2. The third-order valence-corrected chi connectivity index (χ3v) is 3.77. The highest BCUT2D eigenvalue weighted by molar-refractivity contribution is 6.08. The largest absolute Gasteiger partial charge is 0.338 e. The third kappa shape index (κ3) is 1.62. The van der Waals surface area contributed by atoms with E-state index in [4.69, 9.17) is 0 Å². The van der Waals surface area contributed by atoms with Crippen molar-refractivity contribution in [1.82, 2.24) is 9.47 Å². The Labute approximate surface area is 111 Å². The number of nitrogens with zero attached hydrogens (tertiary/aromatic N) is 2. The van der Waals surface area contributed by atoms with E-state index in [0.29, 0.717) is 6.54 Å². The molecule has 1 aliphatic rings. The first-order chi connectivity index (χ1) is 9.34. The minimum atomic E-state index is 0.214. The van der Waals surface area contributed by atoms with Crippen molar-refractivity contribution in [3.8, 4) is 0 Å². The van der Waals surface area contributed by atoms with E-state index in [9.17, 15) is 4.79 Å². The van der Waals surface area contributed by atoms with Gasteiger partial charge in [0.05, 0.1) is 0 Å². The maximum atomic E-state index is 12.1. The highest BCUT2D eigenvalue weighted by Crippen LogP contribution is 2.28.